The van der Waals surface area contributed by atoms with Crippen LogP contribution in [0.2, 0.25) is 5.02 Å². The molecule has 0 radical (unpaired) electrons. The molecule has 1 atom stereocenters. The van der Waals surface area contributed by atoms with Gasteiger partial charge in [0.25, 0.3) is 0 Å². The lowest BCUT2D eigenvalue weighted by molar-refractivity contribution is -0.129. The highest BCUT2D eigenvalue weighted by atomic mass is 35.5. The van der Waals surface area contributed by atoms with Gasteiger partial charge in [-0.3, -0.25) is 4.79 Å². The molecule has 0 fully saturated rings. The molecule has 0 aliphatic carbocycles. The molecule has 0 spiro atoms. The average Bonchev–Trinajstić information content (AvgIpc) is 3.03. The number of carbonyl (C=O) groups is 1. The molecule has 0 saturated carbocycles. The predicted molar refractivity (Wildman–Crippen MR) is 109 cm³/mol. The Hall–Kier alpha value is -2.51. The van der Waals surface area contributed by atoms with E-state index in [9.17, 15) is 4.79 Å². The van der Waals surface area contributed by atoms with Crippen molar-refractivity contribution >= 4 is 29.3 Å². The van der Waals surface area contributed by atoms with Crippen LogP contribution < -0.4 is 5.84 Å². The van der Waals surface area contributed by atoms with Gasteiger partial charge in [-0.1, -0.05) is 53.7 Å². The van der Waals surface area contributed by atoms with Gasteiger partial charge in [0.05, 0.1) is 5.25 Å². The number of nitrogen functional groups attached to an aromatic ring is 1. The molecule has 0 aliphatic heterocycles. The van der Waals surface area contributed by atoms with E-state index in [4.69, 9.17) is 17.4 Å². The fraction of sp³-hybridized carbons (Fsp3) is 0.211. The summed E-state index contributed by atoms with van der Waals surface area (Å²) in [5, 5.41) is 9.04. The largest absolute Gasteiger partial charge is 0.340 e. The van der Waals surface area contributed by atoms with E-state index in [1.807, 2.05) is 49.4 Å². The van der Waals surface area contributed by atoms with Crippen molar-refractivity contribution < 1.29 is 4.79 Å². The summed E-state index contributed by atoms with van der Waals surface area (Å²) in [4.78, 5) is 14.4. The highest BCUT2D eigenvalue weighted by Crippen LogP contribution is 2.26. The molecule has 0 unspecified atom stereocenters. The van der Waals surface area contributed by atoms with Crippen molar-refractivity contribution in [2.75, 3.05) is 12.9 Å². The number of rotatable bonds is 6. The normalized spacial score (nSPS) is 12.0. The molecule has 8 heteroatoms. The Morgan fingerprint density at radius 1 is 1.19 bits per heavy atom. The number of hydrogen-bond acceptors (Lipinski definition) is 5. The molecular formula is C19H20ClN5OS. The lowest BCUT2D eigenvalue weighted by atomic mass is 10.2. The number of amides is 1. The van der Waals surface area contributed by atoms with Gasteiger partial charge in [-0.2, -0.15) is 0 Å². The lowest BCUT2D eigenvalue weighted by Crippen LogP contribution is -2.33. The summed E-state index contributed by atoms with van der Waals surface area (Å²) < 4.78 is 1.40. The van der Waals surface area contributed by atoms with Crippen molar-refractivity contribution in [3.05, 3.63) is 65.2 Å². The van der Waals surface area contributed by atoms with Gasteiger partial charge in [0, 0.05) is 24.2 Å². The molecule has 2 aromatic carbocycles. The molecule has 2 N–H and O–H groups in total. The zero-order valence-corrected chi connectivity index (χ0v) is 16.6. The number of aromatic nitrogens is 3. The maximum atomic E-state index is 12.7. The van der Waals surface area contributed by atoms with Crippen molar-refractivity contribution in [2.45, 2.75) is 23.9 Å². The summed E-state index contributed by atoms with van der Waals surface area (Å²) in [6.07, 6.45) is 0. The minimum atomic E-state index is -0.344. The van der Waals surface area contributed by atoms with E-state index in [1.54, 1.807) is 24.1 Å². The number of halogens is 1. The van der Waals surface area contributed by atoms with Crippen molar-refractivity contribution in [1.29, 1.82) is 0 Å². The van der Waals surface area contributed by atoms with Crippen LogP contribution in [0.3, 0.4) is 0 Å². The molecule has 27 heavy (non-hydrogen) atoms. The molecule has 6 nitrogen and oxygen atoms in total. The second-order valence-corrected chi connectivity index (χ2v) is 7.87. The smallest absolute Gasteiger partial charge is 0.235 e. The zero-order valence-electron chi connectivity index (χ0n) is 15.0. The van der Waals surface area contributed by atoms with Crippen LogP contribution in [-0.4, -0.2) is 38.0 Å². The van der Waals surface area contributed by atoms with E-state index >= 15 is 0 Å². The molecule has 3 rings (SSSR count). The molecular weight excluding hydrogens is 382 g/mol. The highest BCUT2D eigenvalue weighted by Gasteiger charge is 2.22. The van der Waals surface area contributed by atoms with Gasteiger partial charge in [0.1, 0.15) is 0 Å². The van der Waals surface area contributed by atoms with E-state index in [-0.39, 0.29) is 11.2 Å². The summed E-state index contributed by atoms with van der Waals surface area (Å²) in [6.45, 7) is 2.39. The van der Waals surface area contributed by atoms with Crippen LogP contribution in [0.15, 0.2) is 59.8 Å². The predicted octanol–water partition coefficient (Wildman–Crippen LogP) is 3.45. The van der Waals surface area contributed by atoms with Crippen molar-refractivity contribution in [1.82, 2.24) is 19.8 Å². The Morgan fingerprint density at radius 2 is 1.85 bits per heavy atom. The molecule has 3 aromatic rings. The minimum Gasteiger partial charge on any atom is -0.340 e. The molecule has 1 aromatic heterocycles. The summed E-state index contributed by atoms with van der Waals surface area (Å²) in [5.41, 5.74) is 1.89. The number of nitrogens with two attached hydrogens (primary N) is 1. The first kappa shape index (κ1) is 19.3. The first-order chi connectivity index (χ1) is 13.0. The Morgan fingerprint density at radius 3 is 2.52 bits per heavy atom. The topological polar surface area (TPSA) is 77.0 Å². The number of nitrogens with zero attached hydrogens (tertiary/aromatic N) is 4. The molecule has 140 valence electrons. The van der Waals surface area contributed by atoms with E-state index in [0.29, 0.717) is 22.5 Å². The van der Waals surface area contributed by atoms with E-state index in [2.05, 4.69) is 10.2 Å². The Balaban J connectivity index is 1.67. The third-order valence-corrected chi connectivity index (χ3v) is 5.33. The summed E-state index contributed by atoms with van der Waals surface area (Å²) in [6, 6.07) is 17.1. The van der Waals surface area contributed by atoms with Gasteiger partial charge in [-0.05, 0) is 36.8 Å². The SMILES string of the molecule is C[C@@H](Sc1nnc(-c2ccc(Cl)cc2)n1N)C(=O)N(C)Cc1ccccc1. The lowest BCUT2D eigenvalue weighted by Gasteiger charge is -2.21. The van der Waals surface area contributed by atoms with Gasteiger partial charge in [-0.25, -0.2) is 4.68 Å². The fourth-order valence-corrected chi connectivity index (χ4v) is 3.62. The van der Waals surface area contributed by atoms with Crippen LogP contribution in [0.1, 0.15) is 12.5 Å². The second kappa shape index (κ2) is 8.45. The Kier molecular flexibility index (Phi) is 6.03. The monoisotopic (exact) mass is 401 g/mol. The Bertz CT molecular complexity index is 914. The fourth-order valence-electron chi connectivity index (χ4n) is 2.61. The molecule has 1 heterocycles. The van der Waals surface area contributed by atoms with Crippen LogP contribution in [0.25, 0.3) is 11.4 Å². The quantitative estimate of drug-likeness (QED) is 0.505. The molecule has 0 aliphatic rings. The number of carbonyl (C=O) groups excluding carboxylic acids is 1. The van der Waals surface area contributed by atoms with Crippen LogP contribution in [0.4, 0.5) is 0 Å². The van der Waals surface area contributed by atoms with Gasteiger partial charge >= 0.3 is 0 Å². The van der Waals surface area contributed by atoms with Crippen molar-refractivity contribution in [3.63, 3.8) is 0 Å². The zero-order chi connectivity index (χ0) is 19.4. The maximum Gasteiger partial charge on any atom is 0.235 e. The van der Waals surface area contributed by atoms with Crippen LogP contribution in [0, 0.1) is 0 Å². The molecule has 0 bridgehead atoms. The van der Waals surface area contributed by atoms with Gasteiger partial charge in [0.15, 0.2) is 5.82 Å². The first-order valence-corrected chi connectivity index (χ1v) is 9.63. The van der Waals surface area contributed by atoms with E-state index < -0.39 is 0 Å². The van der Waals surface area contributed by atoms with Crippen molar-refractivity contribution in [2.24, 2.45) is 0 Å². The standard InChI is InChI=1S/C19H20ClN5OS/c1-13(18(26)24(2)12-14-6-4-3-5-7-14)27-19-23-22-17(25(19)21)15-8-10-16(20)11-9-15/h3-11,13H,12,21H2,1-2H3/t13-/m1/s1. The average molecular weight is 402 g/mol. The molecule has 1 amide bonds. The summed E-state index contributed by atoms with van der Waals surface area (Å²) in [7, 11) is 1.79. The number of thioether (sulfide) groups is 1. The van der Waals surface area contributed by atoms with E-state index in [1.165, 1.54) is 16.4 Å². The van der Waals surface area contributed by atoms with Crippen LogP contribution in [-0.2, 0) is 11.3 Å². The second-order valence-electron chi connectivity index (χ2n) is 6.12. The van der Waals surface area contributed by atoms with Gasteiger partial charge in [-0.15, -0.1) is 10.2 Å². The molecule has 0 saturated heterocycles. The third kappa shape index (κ3) is 4.61. The van der Waals surface area contributed by atoms with Crippen molar-refractivity contribution in [3.8, 4) is 11.4 Å². The highest BCUT2D eigenvalue weighted by molar-refractivity contribution is 8.00. The summed E-state index contributed by atoms with van der Waals surface area (Å²) >= 11 is 7.20. The number of benzene rings is 2. The van der Waals surface area contributed by atoms with E-state index in [0.717, 1.165) is 11.1 Å². The van der Waals surface area contributed by atoms with Crippen LogP contribution >= 0.6 is 23.4 Å². The Labute approximate surface area is 167 Å². The van der Waals surface area contributed by atoms with Gasteiger partial charge in [0.2, 0.25) is 11.1 Å². The number of hydrogen-bond donors (Lipinski definition) is 1. The summed E-state index contributed by atoms with van der Waals surface area (Å²) in [5.74, 6) is 6.65. The maximum absolute atomic E-state index is 12.7. The minimum absolute atomic E-state index is 0.0000963. The van der Waals surface area contributed by atoms with Gasteiger partial charge < -0.3 is 10.7 Å². The van der Waals surface area contributed by atoms with Crippen LogP contribution in [0.5, 0.6) is 0 Å². The third-order valence-electron chi connectivity index (χ3n) is 4.04. The first-order valence-electron chi connectivity index (χ1n) is 8.37.